The van der Waals surface area contributed by atoms with Gasteiger partial charge in [-0.05, 0) is 5.41 Å². The molecule has 0 saturated carbocycles. The normalized spacial score (nSPS) is 10.6. The first kappa shape index (κ1) is 8.32. The monoisotopic (exact) mass is 126 g/mol. The fourth-order valence-corrected chi connectivity index (χ4v) is 0.565. The smallest absolute Gasteiger partial charge is 0.135 e. The Hall–Kier alpha value is -0.680. The molecule has 0 amide bonds. The summed E-state index contributed by atoms with van der Waals surface area (Å²) >= 11 is 0. The lowest BCUT2D eigenvalue weighted by molar-refractivity contribution is 0.305. The highest BCUT2D eigenvalue weighted by Gasteiger charge is 2.11. The maximum atomic E-state index is 8.94. The standard InChI is InChI=1S/C8H14O/c1-5-7(9)6-8(2,3)4/h9H,1,6H2,2-4H3. The number of hydrogen-bond acceptors (Lipinski definition) is 1. The topological polar surface area (TPSA) is 20.2 Å². The predicted octanol–water partition coefficient (Wildman–Crippen LogP) is 2.65. The summed E-state index contributed by atoms with van der Waals surface area (Å²) < 4.78 is 0. The van der Waals surface area contributed by atoms with Gasteiger partial charge in [0.1, 0.15) is 5.76 Å². The Morgan fingerprint density at radius 3 is 2.11 bits per heavy atom. The van der Waals surface area contributed by atoms with Crippen molar-refractivity contribution in [2.75, 3.05) is 0 Å². The Bertz CT molecular complexity index is 133. The van der Waals surface area contributed by atoms with Gasteiger partial charge in [-0.15, -0.1) is 0 Å². The lowest BCUT2D eigenvalue weighted by Crippen LogP contribution is -2.05. The van der Waals surface area contributed by atoms with Crippen LogP contribution in [0.4, 0.5) is 0 Å². The summed E-state index contributed by atoms with van der Waals surface area (Å²) in [5, 5.41) is 8.94. The van der Waals surface area contributed by atoms with Crippen molar-refractivity contribution in [3.63, 3.8) is 0 Å². The van der Waals surface area contributed by atoms with Crippen LogP contribution >= 0.6 is 0 Å². The molecule has 1 nitrogen and oxygen atoms in total. The molecule has 0 fully saturated rings. The maximum absolute atomic E-state index is 8.94. The minimum absolute atomic E-state index is 0.134. The highest BCUT2D eigenvalue weighted by atomic mass is 16.3. The van der Waals surface area contributed by atoms with Gasteiger partial charge in [0, 0.05) is 6.42 Å². The van der Waals surface area contributed by atoms with Crippen LogP contribution in [0.2, 0.25) is 0 Å². The molecule has 0 radical (unpaired) electrons. The molecule has 0 aromatic heterocycles. The highest BCUT2D eigenvalue weighted by molar-refractivity contribution is 4.90. The zero-order valence-corrected chi connectivity index (χ0v) is 6.36. The van der Waals surface area contributed by atoms with Crippen LogP contribution in [0.3, 0.4) is 0 Å². The first-order chi connectivity index (χ1) is 3.95. The number of allylic oxidation sites excluding steroid dienone is 1. The molecule has 0 unspecified atom stereocenters. The van der Waals surface area contributed by atoms with Crippen molar-refractivity contribution >= 4 is 0 Å². The molecule has 1 heteroatoms. The van der Waals surface area contributed by atoms with Crippen molar-refractivity contribution in [3.05, 3.63) is 18.1 Å². The molecule has 0 heterocycles. The molecule has 0 aliphatic heterocycles. The summed E-state index contributed by atoms with van der Waals surface area (Å²) in [5.74, 6) is 0.252. The summed E-state index contributed by atoms with van der Waals surface area (Å²) in [6.45, 7) is 9.50. The third kappa shape index (κ3) is 5.19. The maximum Gasteiger partial charge on any atom is 0.135 e. The summed E-state index contributed by atoms with van der Waals surface area (Å²) in [6.07, 6.45) is 0.649. The number of aliphatic hydroxyl groups is 1. The first-order valence-electron chi connectivity index (χ1n) is 3.03. The Labute approximate surface area is 56.7 Å². The minimum atomic E-state index is 0.134. The Morgan fingerprint density at radius 2 is 2.00 bits per heavy atom. The molecular weight excluding hydrogens is 112 g/mol. The quantitative estimate of drug-likeness (QED) is 0.423. The fraction of sp³-hybridized carbons (Fsp3) is 0.625. The molecule has 0 atom stereocenters. The van der Waals surface area contributed by atoms with Crippen LogP contribution in [0.15, 0.2) is 18.1 Å². The molecule has 0 saturated heterocycles. The SMILES string of the molecule is C=C=C(O)CC(C)(C)C. The Balaban J connectivity index is 3.89. The van der Waals surface area contributed by atoms with E-state index >= 15 is 0 Å². The number of rotatable bonds is 1. The van der Waals surface area contributed by atoms with Crippen molar-refractivity contribution in [1.29, 1.82) is 0 Å². The van der Waals surface area contributed by atoms with Crippen LogP contribution < -0.4 is 0 Å². The molecule has 0 aliphatic carbocycles. The zero-order chi connectivity index (χ0) is 7.49. The van der Waals surface area contributed by atoms with Crippen molar-refractivity contribution in [2.24, 2.45) is 5.41 Å². The molecular formula is C8H14O. The van der Waals surface area contributed by atoms with E-state index < -0.39 is 0 Å². The van der Waals surface area contributed by atoms with Gasteiger partial charge in [0.15, 0.2) is 0 Å². The van der Waals surface area contributed by atoms with Gasteiger partial charge < -0.3 is 5.11 Å². The van der Waals surface area contributed by atoms with Crippen LogP contribution in [0.5, 0.6) is 0 Å². The predicted molar refractivity (Wildman–Crippen MR) is 39.4 cm³/mol. The lowest BCUT2D eigenvalue weighted by atomic mass is 9.91. The third-order valence-electron chi connectivity index (χ3n) is 0.902. The van der Waals surface area contributed by atoms with E-state index in [2.05, 4.69) is 33.1 Å². The summed E-state index contributed by atoms with van der Waals surface area (Å²) in [5.41, 5.74) is 2.58. The van der Waals surface area contributed by atoms with Crippen molar-refractivity contribution in [2.45, 2.75) is 27.2 Å². The molecule has 0 spiro atoms. The molecule has 0 bridgehead atoms. The van der Waals surface area contributed by atoms with Gasteiger partial charge in [0.2, 0.25) is 0 Å². The largest absolute Gasteiger partial charge is 0.505 e. The molecule has 0 aromatic rings. The van der Waals surface area contributed by atoms with Crippen LogP contribution in [0, 0.1) is 5.41 Å². The lowest BCUT2D eigenvalue weighted by Gasteiger charge is -2.15. The van der Waals surface area contributed by atoms with Crippen LogP contribution in [-0.2, 0) is 0 Å². The van der Waals surface area contributed by atoms with E-state index in [9.17, 15) is 0 Å². The van der Waals surface area contributed by atoms with E-state index in [-0.39, 0.29) is 11.2 Å². The summed E-state index contributed by atoms with van der Waals surface area (Å²) in [4.78, 5) is 0. The van der Waals surface area contributed by atoms with Gasteiger partial charge in [0.25, 0.3) is 0 Å². The van der Waals surface area contributed by atoms with E-state index in [0.717, 1.165) is 0 Å². The van der Waals surface area contributed by atoms with Crippen molar-refractivity contribution in [3.8, 4) is 0 Å². The Kier molecular flexibility index (Phi) is 2.54. The Morgan fingerprint density at radius 1 is 1.56 bits per heavy atom. The van der Waals surface area contributed by atoms with Gasteiger partial charge in [-0.1, -0.05) is 33.1 Å². The van der Waals surface area contributed by atoms with Gasteiger partial charge in [0.05, 0.1) is 0 Å². The first-order valence-corrected chi connectivity index (χ1v) is 3.03. The van der Waals surface area contributed by atoms with E-state index in [0.29, 0.717) is 6.42 Å². The number of aliphatic hydroxyl groups excluding tert-OH is 1. The summed E-state index contributed by atoms with van der Waals surface area (Å²) in [7, 11) is 0. The van der Waals surface area contributed by atoms with Gasteiger partial charge in [-0.2, -0.15) is 0 Å². The van der Waals surface area contributed by atoms with Crippen LogP contribution in [0.1, 0.15) is 27.2 Å². The van der Waals surface area contributed by atoms with Gasteiger partial charge >= 0.3 is 0 Å². The molecule has 0 rings (SSSR count). The molecule has 0 aliphatic rings. The second-order valence-corrected chi connectivity index (χ2v) is 3.36. The zero-order valence-electron chi connectivity index (χ0n) is 6.36. The average molecular weight is 126 g/mol. The third-order valence-corrected chi connectivity index (χ3v) is 0.902. The van der Waals surface area contributed by atoms with Gasteiger partial charge in [-0.25, -0.2) is 0 Å². The summed E-state index contributed by atoms with van der Waals surface area (Å²) in [6, 6.07) is 0. The second-order valence-electron chi connectivity index (χ2n) is 3.36. The van der Waals surface area contributed by atoms with E-state index in [4.69, 9.17) is 5.11 Å². The number of hydrogen-bond donors (Lipinski definition) is 1. The van der Waals surface area contributed by atoms with E-state index in [1.54, 1.807) is 0 Å². The second kappa shape index (κ2) is 2.75. The van der Waals surface area contributed by atoms with E-state index in [1.165, 1.54) is 0 Å². The fourth-order valence-electron chi connectivity index (χ4n) is 0.565. The van der Waals surface area contributed by atoms with Crippen molar-refractivity contribution < 1.29 is 5.11 Å². The molecule has 9 heavy (non-hydrogen) atoms. The van der Waals surface area contributed by atoms with Crippen LogP contribution in [-0.4, -0.2) is 5.11 Å². The van der Waals surface area contributed by atoms with Crippen LogP contribution in [0.25, 0.3) is 0 Å². The van der Waals surface area contributed by atoms with E-state index in [1.807, 2.05) is 0 Å². The van der Waals surface area contributed by atoms with Crippen molar-refractivity contribution in [1.82, 2.24) is 0 Å². The van der Waals surface area contributed by atoms with Gasteiger partial charge in [-0.3, -0.25) is 0 Å². The highest BCUT2D eigenvalue weighted by Crippen LogP contribution is 2.21. The molecule has 1 N–H and O–H groups in total. The molecule has 52 valence electrons. The minimum Gasteiger partial charge on any atom is -0.505 e. The average Bonchev–Trinajstić information content (AvgIpc) is 1.62. The molecule has 0 aromatic carbocycles.